The van der Waals surface area contributed by atoms with Gasteiger partial charge in [-0.3, -0.25) is 4.79 Å². The quantitative estimate of drug-likeness (QED) is 0.853. The van der Waals surface area contributed by atoms with Crippen LogP contribution in [-0.4, -0.2) is 28.1 Å². The van der Waals surface area contributed by atoms with E-state index < -0.39 is 0 Å². The van der Waals surface area contributed by atoms with Gasteiger partial charge in [0, 0.05) is 6.04 Å². The van der Waals surface area contributed by atoms with Crippen LogP contribution in [0.1, 0.15) is 30.6 Å². The molecule has 2 heterocycles. The van der Waals surface area contributed by atoms with Gasteiger partial charge in [-0.2, -0.15) is 5.10 Å². The fraction of sp³-hybridized carbons (Fsp3) is 0.467. The van der Waals surface area contributed by atoms with Gasteiger partial charge in [-0.25, -0.2) is 4.52 Å². The second-order valence-corrected chi connectivity index (χ2v) is 6.61. The second-order valence-electron chi connectivity index (χ2n) is 6.22. The number of pyridine rings is 1. The monoisotopic (exact) mass is 306 g/mol. The number of nitrogens with two attached hydrogens (primary N) is 1. The Bertz CT molecular complexity index is 694. The summed E-state index contributed by atoms with van der Waals surface area (Å²) >= 11 is 6.06. The van der Waals surface area contributed by atoms with Crippen molar-refractivity contribution in [3.63, 3.8) is 0 Å². The summed E-state index contributed by atoms with van der Waals surface area (Å²) in [7, 11) is 0. The summed E-state index contributed by atoms with van der Waals surface area (Å²) in [4.78, 5) is 12.5. The largest absolute Gasteiger partial charge is 0.349 e. The first-order valence-electron chi connectivity index (χ1n) is 7.08. The van der Waals surface area contributed by atoms with Gasteiger partial charge in [-0.15, -0.1) is 0 Å². The van der Waals surface area contributed by atoms with E-state index in [1.165, 1.54) is 0 Å². The van der Waals surface area contributed by atoms with E-state index in [4.69, 9.17) is 17.3 Å². The van der Waals surface area contributed by atoms with E-state index >= 15 is 0 Å². The molecule has 0 radical (unpaired) electrons. The lowest BCUT2D eigenvalue weighted by Crippen LogP contribution is -2.60. The molecule has 1 aliphatic rings. The third kappa shape index (κ3) is 2.21. The van der Waals surface area contributed by atoms with E-state index in [0.717, 1.165) is 6.42 Å². The summed E-state index contributed by atoms with van der Waals surface area (Å²) in [5.74, 6) is 0.349. The van der Waals surface area contributed by atoms with Crippen molar-refractivity contribution in [2.24, 2.45) is 17.1 Å². The number of amides is 1. The predicted octanol–water partition coefficient (Wildman–Crippen LogP) is 2.09. The Kier molecular flexibility index (Phi) is 3.42. The van der Waals surface area contributed by atoms with Crippen LogP contribution >= 0.6 is 11.6 Å². The van der Waals surface area contributed by atoms with Crippen LogP contribution in [0.3, 0.4) is 0 Å². The van der Waals surface area contributed by atoms with Gasteiger partial charge in [-0.1, -0.05) is 31.5 Å². The zero-order chi connectivity index (χ0) is 15.2. The van der Waals surface area contributed by atoms with Crippen molar-refractivity contribution in [1.82, 2.24) is 14.9 Å². The van der Waals surface area contributed by atoms with Crippen LogP contribution in [-0.2, 0) is 0 Å². The molecule has 0 aliphatic heterocycles. The smallest absolute Gasteiger partial charge is 0.255 e. The van der Waals surface area contributed by atoms with Crippen LogP contribution in [0.15, 0.2) is 24.4 Å². The van der Waals surface area contributed by atoms with E-state index in [2.05, 4.69) is 24.3 Å². The lowest BCUT2D eigenvalue weighted by molar-refractivity contribution is 0.0200. The van der Waals surface area contributed by atoms with Gasteiger partial charge >= 0.3 is 0 Å². The Labute approximate surface area is 128 Å². The molecule has 6 heteroatoms. The Balaban J connectivity index is 1.81. The number of carbonyl (C=O) groups excluding carboxylic acids is 1. The Hall–Kier alpha value is -1.59. The number of aromatic nitrogens is 2. The fourth-order valence-corrected chi connectivity index (χ4v) is 3.26. The molecule has 2 unspecified atom stereocenters. The number of hydrogen-bond acceptors (Lipinski definition) is 3. The lowest BCUT2D eigenvalue weighted by Gasteiger charge is -2.52. The Morgan fingerprint density at radius 3 is 3.00 bits per heavy atom. The number of fused-ring (bicyclic) bond motifs is 1. The molecule has 5 nitrogen and oxygen atoms in total. The van der Waals surface area contributed by atoms with Gasteiger partial charge in [0.05, 0.1) is 17.3 Å². The third-order valence-corrected chi connectivity index (χ3v) is 5.09. The maximum Gasteiger partial charge on any atom is 0.255 e. The molecule has 1 amide bonds. The van der Waals surface area contributed by atoms with Crippen LogP contribution in [0, 0.1) is 11.3 Å². The molecule has 0 aromatic carbocycles. The van der Waals surface area contributed by atoms with Crippen molar-refractivity contribution < 1.29 is 4.79 Å². The summed E-state index contributed by atoms with van der Waals surface area (Å²) < 4.78 is 1.56. The summed E-state index contributed by atoms with van der Waals surface area (Å²) in [6, 6.07) is 5.54. The van der Waals surface area contributed by atoms with Crippen molar-refractivity contribution in [3.05, 3.63) is 35.1 Å². The van der Waals surface area contributed by atoms with Crippen molar-refractivity contribution in [3.8, 4) is 0 Å². The second kappa shape index (κ2) is 5.00. The molecule has 2 aromatic heterocycles. The van der Waals surface area contributed by atoms with E-state index in [1.54, 1.807) is 16.8 Å². The zero-order valence-corrected chi connectivity index (χ0v) is 12.9. The van der Waals surface area contributed by atoms with Gasteiger partial charge in [0.2, 0.25) is 0 Å². The average Bonchev–Trinajstić information content (AvgIpc) is 2.88. The van der Waals surface area contributed by atoms with Gasteiger partial charge in [0.15, 0.2) is 0 Å². The molecule has 0 spiro atoms. The maximum absolute atomic E-state index is 12.5. The number of hydrogen-bond donors (Lipinski definition) is 2. The maximum atomic E-state index is 12.5. The van der Waals surface area contributed by atoms with Gasteiger partial charge in [-0.05, 0) is 36.4 Å². The summed E-state index contributed by atoms with van der Waals surface area (Å²) in [6.45, 7) is 4.95. The molecule has 0 saturated heterocycles. The van der Waals surface area contributed by atoms with Crippen molar-refractivity contribution in [1.29, 1.82) is 0 Å². The van der Waals surface area contributed by atoms with E-state index in [0.29, 0.717) is 28.7 Å². The molecule has 3 rings (SSSR count). The number of halogens is 1. The summed E-state index contributed by atoms with van der Waals surface area (Å²) in [6.07, 6.45) is 2.48. The summed E-state index contributed by atoms with van der Waals surface area (Å²) in [5.41, 5.74) is 7.04. The van der Waals surface area contributed by atoms with Crippen molar-refractivity contribution in [2.75, 3.05) is 6.54 Å². The third-order valence-electron chi connectivity index (χ3n) is 4.80. The Morgan fingerprint density at radius 2 is 2.33 bits per heavy atom. The van der Waals surface area contributed by atoms with Gasteiger partial charge < -0.3 is 11.1 Å². The van der Waals surface area contributed by atoms with E-state index in [-0.39, 0.29) is 17.4 Å². The molecule has 1 saturated carbocycles. The minimum absolute atomic E-state index is 0.0328. The summed E-state index contributed by atoms with van der Waals surface area (Å²) in [5, 5.41) is 7.74. The molecule has 0 bridgehead atoms. The Morgan fingerprint density at radius 1 is 1.57 bits per heavy atom. The zero-order valence-electron chi connectivity index (χ0n) is 12.1. The molecular weight excluding hydrogens is 288 g/mol. The van der Waals surface area contributed by atoms with Crippen LogP contribution in [0.5, 0.6) is 0 Å². The SMILES string of the molecule is CC1(C)C(CN)CC1NC(=O)c1cnn2c(Cl)cccc12. The van der Waals surface area contributed by atoms with Crippen molar-refractivity contribution in [2.45, 2.75) is 26.3 Å². The van der Waals surface area contributed by atoms with Crippen LogP contribution in [0.25, 0.3) is 5.52 Å². The molecule has 1 fully saturated rings. The molecule has 2 aromatic rings. The highest BCUT2D eigenvalue weighted by atomic mass is 35.5. The minimum atomic E-state index is -0.110. The van der Waals surface area contributed by atoms with Gasteiger partial charge in [0.1, 0.15) is 5.15 Å². The number of carbonyl (C=O) groups is 1. The first-order chi connectivity index (χ1) is 9.95. The first-order valence-corrected chi connectivity index (χ1v) is 7.46. The predicted molar refractivity (Wildman–Crippen MR) is 82.4 cm³/mol. The fourth-order valence-electron chi connectivity index (χ4n) is 3.05. The number of nitrogens with zero attached hydrogens (tertiary/aromatic N) is 2. The lowest BCUT2D eigenvalue weighted by atomic mass is 9.58. The molecule has 3 N–H and O–H groups in total. The normalized spacial score (nSPS) is 23.8. The van der Waals surface area contributed by atoms with Crippen LogP contribution in [0.2, 0.25) is 5.15 Å². The van der Waals surface area contributed by atoms with Crippen LogP contribution in [0.4, 0.5) is 0 Å². The molecule has 21 heavy (non-hydrogen) atoms. The number of rotatable bonds is 3. The average molecular weight is 307 g/mol. The minimum Gasteiger partial charge on any atom is -0.349 e. The molecule has 112 valence electrons. The molecule has 2 atom stereocenters. The highest BCUT2D eigenvalue weighted by Gasteiger charge is 2.47. The first kappa shape index (κ1) is 14.4. The highest BCUT2D eigenvalue weighted by molar-refractivity contribution is 6.29. The highest BCUT2D eigenvalue weighted by Crippen LogP contribution is 2.45. The molecule has 1 aliphatic carbocycles. The van der Waals surface area contributed by atoms with Crippen LogP contribution < -0.4 is 11.1 Å². The number of nitrogens with one attached hydrogen (secondary N) is 1. The van der Waals surface area contributed by atoms with Crippen molar-refractivity contribution >= 4 is 23.0 Å². The van der Waals surface area contributed by atoms with E-state index in [9.17, 15) is 4.79 Å². The standard InChI is InChI=1S/C15H19ClN4O/c1-15(2)9(7-17)6-12(15)19-14(21)10-8-18-20-11(10)4-3-5-13(20)16/h3-5,8-9,12H,6-7,17H2,1-2H3,(H,19,21). The topological polar surface area (TPSA) is 72.4 Å². The van der Waals surface area contributed by atoms with Gasteiger partial charge in [0.25, 0.3) is 5.91 Å². The molecular formula is C15H19ClN4O. The van der Waals surface area contributed by atoms with E-state index in [1.807, 2.05) is 12.1 Å².